The van der Waals surface area contributed by atoms with Crippen LogP contribution in [0.1, 0.15) is 23.7 Å². The molecular weight excluding hydrogens is 369 g/mol. The van der Waals surface area contributed by atoms with Crippen molar-refractivity contribution in [3.63, 3.8) is 0 Å². The molecule has 0 atom stereocenters. The van der Waals surface area contributed by atoms with E-state index in [2.05, 4.69) is 31.9 Å². The largest absolute Gasteiger partial charge is 0.339 e. The lowest BCUT2D eigenvalue weighted by atomic mass is 10.2. The van der Waals surface area contributed by atoms with E-state index >= 15 is 0 Å². The number of carbonyl (C=O) groups is 1. The molecule has 0 aliphatic carbocycles. The Balaban J connectivity index is 2.82. The van der Waals surface area contributed by atoms with Gasteiger partial charge in [-0.1, -0.05) is 27.5 Å². The smallest absolute Gasteiger partial charge is 0.253 e. The number of benzene rings is 1. The highest BCUT2D eigenvalue weighted by atomic mass is 79.9. The highest BCUT2D eigenvalue weighted by Crippen LogP contribution is 2.23. The van der Waals surface area contributed by atoms with Gasteiger partial charge in [0.15, 0.2) is 0 Å². The van der Waals surface area contributed by atoms with Crippen LogP contribution in [-0.4, -0.2) is 29.2 Å². The third-order valence-corrected chi connectivity index (χ3v) is 4.17. The van der Waals surface area contributed by atoms with Gasteiger partial charge < -0.3 is 4.90 Å². The fraction of sp³-hybridized carbons (Fsp3) is 0.417. The molecule has 0 spiro atoms. The summed E-state index contributed by atoms with van der Waals surface area (Å²) in [7, 11) is 0. The van der Waals surface area contributed by atoms with E-state index in [4.69, 9.17) is 11.6 Å². The Morgan fingerprint density at radius 2 is 2.18 bits per heavy atom. The highest BCUT2D eigenvalue weighted by molar-refractivity contribution is 9.10. The molecule has 1 amide bonds. The first kappa shape index (κ1) is 15.0. The molecule has 0 aromatic heterocycles. The van der Waals surface area contributed by atoms with Gasteiger partial charge in [0.25, 0.3) is 5.91 Å². The SMILES string of the molecule is CCN(CCCBr)C(=O)c1ccc(Cl)c(Br)c1. The van der Waals surface area contributed by atoms with E-state index in [1.54, 1.807) is 18.2 Å². The van der Waals surface area contributed by atoms with Gasteiger partial charge in [-0.2, -0.15) is 0 Å². The average molecular weight is 384 g/mol. The van der Waals surface area contributed by atoms with Crippen LogP contribution in [-0.2, 0) is 0 Å². The van der Waals surface area contributed by atoms with Crippen molar-refractivity contribution in [3.05, 3.63) is 33.3 Å². The summed E-state index contributed by atoms with van der Waals surface area (Å²) >= 11 is 12.6. The standard InChI is InChI=1S/C12H14Br2ClNO/c1-2-16(7-3-6-13)12(17)9-4-5-11(15)10(14)8-9/h4-5,8H,2-3,6-7H2,1H3. The van der Waals surface area contributed by atoms with Gasteiger partial charge in [-0.15, -0.1) is 0 Å². The van der Waals surface area contributed by atoms with Crippen molar-refractivity contribution in [1.29, 1.82) is 0 Å². The molecule has 5 heteroatoms. The Labute approximate surface area is 124 Å². The third-order valence-electron chi connectivity index (χ3n) is 2.40. The maximum atomic E-state index is 12.2. The van der Waals surface area contributed by atoms with Crippen molar-refractivity contribution in [2.75, 3.05) is 18.4 Å². The second-order valence-electron chi connectivity index (χ2n) is 3.56. The summed E-state index contributed by atoms with van der Waals surface area (Å²) in [5.41, 5.74) is 0.665. The summed E-state index contributed by atoms with van der Waals surface area (Å²) in [5, 5.41) is 1.52. The Kier molecular flexibility index (Phi) is 6.52. The van der Waals surface area contributed by atoms with Gasteiger partial charge in [0, 0.05) is 28.5 Å². The van der Waals surface area contributed by atoms with E-state index in [1.807, 2.05) is 11.8 Å². The average Bonchev–Trinajstić information content (AvgIpc) is 2.33. The van der Waals surface area contributed by atoms with Crippen LogP contribution in [0, 0.1) is 0 Å². The maximum absolute atomic E-state index is 12.2. The Hall–Kier alpha value is -0.0600. The van der Waals surface area contributed by atoms with Gasteiger partial charge in [-0.3, -0.25) is 4.79 Å². The molecule has 17 heavy (non-hydrogen) atoms. The molecule has 1 aromatic rings. The van der Waals surface area contributed by atoms with Crippen LogP contribution in [0.5, 0.6) is 0 Å². The lowest BCUT2D eigenvalue weighted by molar-refractivity contribution is 0.0765. The third kappa shape index (κ3) is 4.27. The minimum atomic E-state index is 0.0471. The molecule has 0 radical (unpaired) electrons. The van der Waals surface area contributed by atoms with E-state index in [-0.39, 0.29) is 5.91 Å². The molecule has 0 aliphatic rings. The molecule has 0 heterocycles. The van der Waals surface area contributed by atoms with Crippen LogP contribution in [0.3, 0.4) is 0 Å². The number of nitrogens with zero attached hydrogens (tertiary/aromatic N) is 1. The summed E-state index contributed by atoms with van der Waals surface area (Å²) in [6.45, 7) is 3.46. The van der Waals surface area contributed by atoms with Crippen molar-refractivity contribution in [2.45, 2.75) is 13.3 Å². The summed E-state index contributed by atoms with van der Waals surface area (Å²) in [6, 6.07) is 5.25. The number of hydrogen-bond acceptors (Lipinski definition) is 1. The van der Waals surface area contributed by atoms with E-state index in [0.29, 0.717) is 17.1 Å². The second kappa shape index (κ2) is 7.39. The maximum Gasteiger partial charge on any atom is 0.253 e. The first-order valence-corrected chi connectivity index (χ1v) is 7.69. The summed E-state index contributed by atoms with van der Waals surface area (Å²) in [6.07, 6.45) is 0.953. The normalized spacial score (nSPS) is 10.4. The predicted molar refractivity (Wildman–Crippen MR) is 79.1 cm³/mol. The van der Waals surface area contributed by atoms with Crippen molar-refractivity contribution >= 4 is 49.4 Å². The minimum absolute atomic E-state index is 0.0471. The number of alkyl halides is 1. The van der Waals surface area contributed by atoms with E-state index in [1.165, 1.54) is 0 Å². The van der Waals surface area contributed by atoms with Crippen LogP contribution < -0.4 is 0 Å². The van der Waals surface area contributed by atoms with E-state index in [0.717, 1.165) is 22.8 Å². The Morgan fingerprint density at radius 3 is 2.71 bits per heavy atom. The number of carbonyl (C=O) groups excluding carboxylic acids is 1. The first-order valence-electron chi connectivity index (χ1n) is 5.40. The molecule has 0 N–H and O–H groups in total. The molecule has 94 valence electrons. The highest BCUT2D eigenvalue weighted by Gasteiger charge is 2.14. The van der Waals surface area contributed by atoms with Crippen molar-refractivity contribution < 1.29 is 4.79 Å². The van der Waals surface area contributed by atoms with Crippen LogP contribution in [0.25, 0.3) is 0 Å². The van der Waals surface area contributed by atoms with Crippen molar-refractivity contribution in [1.82, 2.24) is 4.90 Å². The Bertz CT molecular complexity index is 398. The fourth-order valence-corrected chi connectivity index (χ4v) is 2.21. The van der Waals surface area contributed by atoms with E-state index < -0.39 is 0 Å². The van der Waals surface area contributed by atoms with Crippen molar-refractivity contribution in [2.24, 2.45) is 0 Å². The molecule has 0 saturated heterocycles. The van der Waals surface area contributed by atoms with Crippen molar-refractivity contribution in [3.8, 4) is 0 Å². The van der Waals surface area contributed by atoms with Gasteiger partial charge in [0.05, 0.1) is 5.02 Å². The fourth-order valence-electron chi connectivity index (χ4n) is 1.47. The van der Waals surface area contributed by atoms with Gasteiger partial charge in [-0.25, -0.2) is 0 Å². The lowest BCUT2D eigenvalue weighted by Gasteiger charge is -2.20. The molecule has 0 fully saturated rings. The topological polar surface area (TPSA) is 20.3 Å². The monoisotopic (exact) mass is 381 g/mol. The zero-order chi connectivity index (χ0) is 12.8. The van der Waals surface area contributed by atoms with Gasteiger partial charge in [0.1, 0.15) is 0 Å². The van der Waals surface area contributed by atoms with Crippen LogP contribution in [0.4, 0.5) is 0 Å². The number of amides is 1. The van der Waals surface area contributed by atoms with Crippen LogP contribution in [0.15, 0.2) is 22.7 Å². The van der Waals surface area contributed by atoms with E-state index in [9.17, 15) is 4.79 Å². The number of rotatable bonds is 5. The number of halogens is 3. The zero-order valence-electron chi connectivity index (χ0n) is 9.55. The predicted octanol–water partition coefficient (Wildman–Crippen LogP) is 4.35. The molecule has 0 saturated carbocycles. The van der Waals surface area contributed by atoms with Crippen LogP contribution in [0.2, 0.25) is 5.02 Å². The quantitative estimate of drug-likeness (QED) is 0.692. The molecule has 0 unspecified atom stereocenters. The summed E-state index contributed by atoms with van der Waals surface area (Å²) < 4.78 is 0.751. The summed E-state index contributed by atoms with van der Waals surface area (Å²) in [5.74, 6) is 0.0471. The van der Waals surface area contributed by atoms with Gasteiger partial charge >= 0.3 is 0 Å². The molecular formula is C12H14Br2ClNO. The summed E-state index contributed by atoms with van der Waals surface area (Å²) in [4.78, 5) is 14.0. The van der Waals surface area contributed by atoms with Gasteiger partial charge in [-0.05, 0) is 47.5 Å². The molecule has 1 aromatic carbocycles. The molecule has 0 bridgehead atoms. The molecule has 2 nitrogen and oxygen atoms in total. The van der Waals surface area contributed by atoms with Gasteiger partial charge in [0.2, 0.25) is 0 Å². The number of hydrogen-bond donors (Lipinski definition) is 0. The first-order chi connectivity index (χ1) is 8.10. The molecule has 0 aliphatic heterocycles. The lowest BCUT2D eigenvalue weighted by Crippen LogP contribution is -2.31. The molecule has 1 rings (SSSR count). The minimum Gasteiger partial charge on any atom is -0.339 e. The zero-order valence-corrected chi connectivity index (χ0v) is 13.5. The second-order valence-corrected chi connectivity index (χ2v) is 5.61. The Morgan fingerprint density at radius 1 is 1.47 bits per heavy atom. The van der Waals surface area contributed by atoms with Crippen LogP contribution >= 0.6 is 43.5 Å².